The molecule has 1 unspecified atom stereocenters. The number of aromatic nitrogens is 1. The molecule has 7 nitrogen and oxygen atoms in total. The summed E-state index contributed by atoms with van der Waals surface area (Å²) in [5, 5.41) is 4.37. The van der Waals surface area contributed by atoms with Crippen molar-refractivity contribution >= 4 is 30.2 Å². The van der Waals surface area contributed by atoms with Crippen molar-refractivity contribution in [3.8, 4) is 0 Å². The predicted octanol–water partition coefficient (Wildman–Crippen LogP) is 3.19. The molecule has 174 valence electrons. The van der Waals surface area contributed by atoms with Gasteiger partial charge in [0.15, 0.2) is 0 Å². The van der Waals surface area contributed by atoms with E-state index in [9.17, 15) is 27.2 Å². The van der Waals surface area contributed by atoms with Crippen LogP contribution in [-0.2, 0) is 11.3 Å². The van der Waals surface area contributed by atoms with Gasteiger partial charge in [-0.25, -0.2) is 14.2 Å². The minimum atomic E-state index is -4.59. The van der Waals surface area contributed by atoms with Crippen molar-refractivity contribution in [1.29, 1.82) is 0 Å². The first-order valence-corrected chi connectivity index (χ1v) is 9.87. The van der Waals surface area contributed by atoms with Crippen molar-refractivity contribution < 1.29 is 27.2 Å². The molecule has 3 rings (SSSR count). The zero-order valence-electron chi connectivity index (χ0n) is 16.9. The largest absolute Gasteiger partial charge is 0.410 e. The standard InChI is InChI=1S/C19H25F4N5O2.ClH/c1-10-2-4-11(5-3-10)16(24)17(29)27-15-6-12(13(20)7-25-15)8-28-9-14(19(21,22)23)26-18(28)30;/h6-7,10-11,14,16H,2-5,8-9,24H2,1H3,(H,26,30)(H,25,27,29);1H/t10?,11?,14-,16?;/m0./s1. The van der Waals surface area contributed by atoms with Gasteiger partial charge < -0.3 is 21.3 Å². The van der Waals surface area contributed by atoms with Crippen LogP contribution in [0.25, 0.3) is 0 Å². The predicted molar refractivity (Wildman–Crippen MR) is 108 cm³/mol. The zero-order chi connectivity index (χ0) is 22.1. The van der Waals surface area contributed by atoms with E-state index in [1.807, 2.05) is 5.32 Å². The quantitative estimate of drug-likeness (QED) is 0.579. The summed E-state index contributed by atoms with van der Waals surface area (Å²) < 4.78 is 52.5. The molecule has 2 atom stereocenters. The second-order valence-corrected chi connectivity index (χ2v) is 8.12. The Morgan fingerprint density at radius 3 is 2.58 bits per heavy atom. The van der Waals surface area contributed by atoms with Crippen LogP contribution in [-0.4, -0.2) is 46.6 Å². The van der Waals surface area contributed by atoms with Crippen LogP contribution in [0.5, 0.6) is 0 Å². The number of hydrogen-bond acceptors (Lipinski definition) is 4. The third kappa shape index (κ3) is 6.19. The Bertz CT molecular complexity index is 802. The molecule has 31 heavy (non-hydrogen) atoms. The second kappa shape index (κ2) is 9.99. The van der Waals surface area contributed by atoms with Crippen LogP contribution in [0.1, 0.15) is 38.2 Å². The Labute approximate surface area is 183 Å². The van der Waals surface area contributed by atoms with Crippen LogP contribution in [0, 0.1) is 17.7 Å². The Morgan fingerprint density at radius 2 is 2.00 bits per heavy atom. The lowest BCUT2D eigenvalue weighted by molar-refractivity contribution is -0.149. The summed E-state index contributed by atoms with van der Waals surface area (Å²) in [6.07, 6.45) is -0.0330. The van der Waals surface area contributed by atoms with Crippen molar-refractivity contribution in [3.05, 3.63) is 23.6 Å². The molecule has 1 aliphatic heterocycles. The Morgan fingerprint density at radius 1 is 1.35 bits per heavy atom. The molecule has 1 aliphatic carbocycles. The van der Waals surface area contributed by atoms with Crippen LogP contribution in [0.4, 0.5) is 28.2 Å². The Balaban J connectivity index is 0.00000341. The highest BCUT2D eigenvalue weighted by atomic mass is 35.5. The molecule has 0 spiro atoms. The van der Waals surface area contributed by atoms with E-state index in [1.165, 1.54) is 6.07 Å². The average molecular weight is 468 g/mol. The van der Waals surface area contributed by atoms with Crippen molar-refractivity contribution in [2.24, 2.45) is 17.6 Å². The number of anilines is 1. The second-order valence-electron chi connectivity index (χ2n) is 8.12. The van der Waals surface area contributed by atoms with Gasteiger partial charge in [-0.05, 0) is 30.7 Å². The monoisotopic (exact) mass is 467 g/mol. The van der Waals surface area contributed by atoms with E-state index in [2.05, 4.69) is 17.2 Å². The molecular weight excluding hydrogens is 442 g/mol. The van der Waals surface area contributed by atoms with Gasteiger partial charge in [0, 0.05) is 5.56 Å². The van der Waals surface area contributed by atoms with Crippen LogP contribution in [0.15, 0.2) is 12.3 Å². The van der Waals surface area contributed by atoms with Gasteiger partial charge in [-0.1, -0.05) is 19.8 Å². The molecule has 2 fully saturated rings. The lowest BCUT2D eigenvalue weighted by Gasteiger charge is -2.29. The Hall–Kier alpha value is -2.14. The van der Waals surface area contributed by atoms with E-state index in [0.717, 1.165) is 36.8 Å². The topological polar surface area (TPSA) is 100 Å². The maximum atomic E-state index is 14.1. The van der Waals surface area contributed by atoms with Gasteiger partial charge >= 0.3 is 12.2 Å². The normalized spacial score (nSPS) is 24.9. The molecule has 1 aromatic rings. The number of carbonyl (C=O) groups excluding carboxylic acids is 2. The number of carbonyl (C=O) groups is 2. The van der Waals surface area contributed by atoms with Crippen LogP contribution in [0.3, 0.4) is 0 Å². The van der Waals surface area contributed by atoms with Crippen LogP contribution in [0.2, 0.25) is 0 Å². The number of nitrogens with two attached hydrogens (primary N) is 1. The minimum absolute atomic E-state index is 0. The third-order valence-electron chi connectivity index (χ3n) is 5.80. The number of pyridine rings is 1. The molecule has 0 aromatic carbocycles. The van der Waals surface area contributed by atoms with E-state index >= 15 is 0 Å². The van der Waals surface area contributed by atoms with E-state index in [4.69, 9.17) is 5.73 Å². The molecule has 12 heteroatoms. The van der Waals surface area contributed by atoms with Gasteiger partial charge in [0.2, 0.25) is 5.91 Å². The maximum Gasteiger partial charge on any atom is 0.410 e. The summed E-state index contributed by atoms with van der Waals surface area (Å²) in [4.78, 5) is 28.9. The number of nitrogens with zero attached hydrogens (tertiary/aromatic N) is 2. The number of halogens is 5. The lowest BCUT2D eigenvalue weighted by atomic mass is 9.79. The minimum Gasteiger partial charge on any atom is -0.324 e. The third-order valence-corrected chi connectivity index (χ3v) is 5.80. The summed E-state index contributed by atoms with van der Waals surface area (Å²) in [5.74, 6) is -0.549. The number of nitrogens with one attached hydrogen (secondary N) is 2. The molecule has 0 radical (unpaired) electrons. The molecule has 2 aliphatic rings. The summed E-state index contributed by atoms with van der Waals surface area (Å²) >= 11 is 0. The molecule has 1 aromatic heterocycles. The molecule has 0 bridgehead atoms. The van der Waals surface area contributed by atoms with Gasteiger partial charge in [-0.3, -0.25) is 4.79 Å². The van der Waals surface area contributed by atoms with Gasteiger partial charge in [0.1, 0.15) is 17.7 Å². The van der Waals surface area contributed by atoms with E-state index in [1.54, 1.807) is 0 Å². The fourth-order valence-corrected chi connectivity index (χ4v) is 3.86. The number of alkyl halides is 3. The highest BCUT2D eigenvalue weighted by molar-refractivity contribution is 5.94. The van der Waals surface area contributed by atoms with E-state index in [-0.39, 0.29) is 36.3 Å². The number of urea groups is 1. The van der Waals surface area contributed by atoms with Crippen molar-refractivity contribution in [1.82, 2.24) is 15.2 Å². The van der Waals surface area contributed by atoms with Crippen molar-refractivity contribution in [3.63, 3.8) is 0 Å². The average Bonchev–Trinajstić information content (AvgIpc) is 3.05. The van der Waals surface area contributed by atoms with Crippen molar-refractivity contribution in [2.45, 2.75) is 57.4 Å². The van der Waals surface area contributed by atoms with E-state index < -0.39 is 42.6 Å². The maximum absolute atomic E-state index is 14.1. The first-order valence-electron chi connectivity index (χ1n) is 9.87. The van der Waals surface area contributed by atoms with Gasteiger partial charge in [0.25, 0.3) is 0 Å². The molecule has 4 N–H and O–H groups in total. The summed E-state index contributed by atoms with van der Waals surface area (Å²) in [7, 11) is 0. The summed E-state index contributed by atoms with van der Waals surface area (Å²) in [5.41, 5.74) is 6.02. The molecule has 3 amide bonds. The zero-order valence-corrected chi connectivity index (χ0v) is 17.7. The molecule has 1 saturated heterocycles. The molecule has 1 saturated carbocycles. The summed E-state index contributed by atoms with van der Waals surface area (Å²) in [6, 6.07) is -2.47. The molecule has 2 heterocycles. The number of hydrogen-bond donors (Lipinski definition) is 3. The highest BCUT2D eigenvalue weighted by Crippen LogP contribution is 2.30. The van der Waals surface area contributed by atoms with E-state index in [0.29, 0.717) is 5.92 Å². The highest BCUT2D eigenvalue weighted by Gasteiger charge is 2.46. The molecular formula is C19H26ClF4N5O2. The van der Waals surface area contributed by atoms with Gasteiger partial charge in [-0.15, -0.1) is 12.4 Å². The van der Waals surface area contributed by atoms with Crippen LogP contribution >= 0.6 is 12.4 Å². The lowest BCUT2D eigenvalue weighted by Crippen LogP contribution is -2.43. The first kappa shape index (κ1) is 25.1. The first-order chi connectivity index (χ1) is 14.0. The smallest absolute Gasteiger partial charge is 0.324 e. The van der Waals surface area contributed by atoms with Gasteiger partial charge in [-0.2, -0.15) is 13.2 Å². The fraction of sp³-hybridized carbons (Fsp3) is 0.632. The number of amides is 3. The van der Waals surface area contributed by atoms with Gasteiger partial charge in [0.05, 0.1) is 25.3 Å². The van der Waals surface area contributed by atoms with Crippen LogP contribution < -0.4 is 16.4 Å². The SMILES string of the molecule is CC1CCC(C(N)C(=O)Nc2cc(CN3C[C@@H](C(F)(F)F)NC3=O)c(F)cn2)CC1.Cl. The van der Waals surface area contributed by atoms with Crippen molar-refractivity contribution in [2.75, 3.05) is 11.9 Å². The Kier molecular flexibility index (Phi) is 8.09. The summed E-state index contributed by atoms with van der Waals surface area (Å²) in [6.45, 7) is 1.14. The fourth-order valence-electron chi connectivity index (χ4n) is 3.86. The number of rotatable bonds is 5.